The Balaban J connectivity index is 2.08. The van der Waals surface area contributed by atoms with Gasteiger partial charge in [-0.2, -0.15) is 0 Å². The number of benzene rings is 2. The fraction of sp³-hybridized carbons (Fsp3) is 0.0769. The monoisotopic (exact) mass is 296 g/mol. The lowest BCUT2D eigenvalue weighted by molar-refractivity contribution is 0.0985. The number of hydrogen-bond donors (Lipinski definition) is 3. The van der Waals surface area contributed by atoms with E-state index in [1.165, 1.54) is 24.3 Å². The quantitative estimate of drug-likeness (QED) is 0.573. The molecule has 0 aliphatic heterocycles. The molecule has 2 rings (SSSR count). The van der Waals surface area contributed by atoms with Gasteiger partial charge in [-0.05, 0) is 48.5 Å². The van der Waals surface area contributed by atoms with Gasteiger partial charge in [-0.15, -0.1) is 0 Å². The van der Waals surface area contributed by atoms with Crippen LogP contribution in [-0.2, 0) is 4.57 Å². The highest BCUT2D eigenvalue weighted by Gasteiger charge is 2.16. The zero-order valence-corrected chi connectivity index (χ0v) is 11.2. The first-order valence-electron chi connectivity index (χ1n) is 5.67. The highest BCUT2D eigenvalue weighted by Crippen LogP contribution is 2.34. The van der Waals surface area contributed by atoms with Crippen molar-refractivity contribution < 1.29 is 28.9 Å². The lowest BCUT2D eigenvalue weighted by atomic mass is 10.3. The average Bonchev–Trinajstić information content (AvgIpc) is 2.41. The minimum absolute atomic E-state index is 0.0588. The maximum atomic E-state index is 11.0. The second-order valence-corrected chi connectivity index (χ2v) is 5.49. The molecule has 0 saturated carbocycles. The molecule has 0 saturated heterocycles. The molecule has 0 bridgehead atoms. The second-order valence-electron chi connectivity index (χ2n) is 3.88. The molecule has 0 aliphatic carbocycles. The third kappa shape index (κ3) is 3.82. The van der Waals surface area contributed by atoms with E-state index in [9.17, 15) is 4.57 Å². The summed E-state index contributed by atoms with van der Waals surface area (Å²) >= 11 is 0. The fourth-order valence-corrected chi connectivity index (χ4v) is 2.06. The first kappa shape index (κ1) is 14.6. The van der Waals surface area contributed by atoms with E-state index >= 15 is 0 Å². The molecule has 0 amide bonds. The van der Waals surface area contributed by atoms with Crippen molar-refractivity contribution in [2.45, 2.75) is 0 Å². The van der Waals surface area contributed by atoms with Crippen LogP contribution in [0.5, 0.6) is 17.2 Å². The molecule has 0 spiro atoms. The van der Waals surface area contributed by atoms with Crippen molar-refractivity contribution in [3.05, 3.63) is 48.5 Å². The summed E-state index contributed by atoms with van der Waals surface area (Å²) in [7, 11) is -4.23. The van der Waals surface area contributed by atoms with Crippen LogP contribution in [-0.4, -0.2) is 21.7 Å². The molecule has 0 fully saturated rings. The summed E-state index contributed by atoms with van der Waals surface area (Å²) < 4.78 is 21.4. The lowest BCUT2D eigenvalue weighted by Gasteiger charge is -2.08. The summed E-state index contributed by atoms with van der Waals surface area (Å²) in [5, 5.41) is 8.54. The van der Waals surface area contributed by atoms with Crippen LogP contribution >= 0.6 is 7.60 Å². The van der Waals surface area contributed by atoms with Gasteiger partial charge in [0.15, 0.2) is 6.79 Å². The van der Waals surface area contributed by atoms with Gasteiger partial charge in [-0.3, -0.25) is 4.57 Å². The molecule has 2 aromatic rings. The van der Waals surface area contributed by atoms with E-state index in [0.717, 1.165) is 0 Å². The first-order valence-corrected chi connectivity index (χ1v) is 7.28. The third-order valence-electron chi connectivity index (χ3n) is 2.46. The van der Waals surface area contributed by atoms with Crippen LogP contribution in [0.1, 0.15) is 0 Å². The van der Waals surface area contributed by atoms with E-state index in [4.69, 9.17) is 24.4 Å². The van der Waals surface area contributed by atoms with Crippen molar-refractivity contribution in [1.82, 2.24) is 0 Å². The lowest BCUT2D eigenvalue weighted by Crippen LogP contribution is -2.02. The number of rotatable bonds is 5. The van der Waals surface area contributed by atoms with Crippen LogP contribution in [0.25, 0.3) is 0 Å². The van der Waals surface area contributed by atoms with Gasteiger partial charge in [0.1, 0.15) is 17.2 Å². The van der Waals surface area contributed by atoms with Crippen LogP contribution < -0.4 is 14.8 Å². The van der Waals surface area contributed by atoms with Gasteiger partial charge in [0.05, 0.1) is 5.30 Å². The summed E-state index contributed by atoms with van der Waals surface area (Å²) in [5.74, 6) is 1.51. The van der Waals surface area contributed by atoms with Crippen molar-refractivity contribution in [1.29, 1.82) is 0 Å². The summed E-state index contributed by atoms with van der Waals surface area (Å²) in [6.07, 6.45) is 0. The van der Waals surface area contributed by atoms with Crippen molar-refractivity contribution in [3.8, 4) is 17.2 Å². The highest BCUT2D eigenvalue weighted by molar-refractivity contribution is 7.60. The molecule has 0 atom stereocenters. The van der Waals surface area contributed by atoms with Crippen LogP contribution in [0.4, 0.5) is 0 Å². The van der Waals surface area contributed by atoms with E-state index < -0.39 is 14.4 Å². The predicted octanol–water partition coefficient (Wildman–Crippen LogP) is 1.61. The van der Waals surface area contributed by atoms with Gasteiger partial charge >= 0.3 is 7.60 Å². The smallest absolute Gasteiger partial charge is 0.356 e. The Morgan fingerprint density at radius 1 is 0.850 bits per heavy atom. The molecule has 2 aromatic carbocycles. The molecule has 0 aliphatic rings. The molecular formula is C13H13O6P. The van der Waals surface area contributed by atoms with Crippen molar-refractivity contribution in [2.75, 3.05) is 6.79 Å². The zero-order chi connectivity index (χ0) is 14.6. The number of ether oxygens (including phenoxy) is 2. The predicted molar refractivity (Wildman–Crippen MR) is 72.3 cm³/mol. The van der Waals surface area contributed by atoms with Gasteiger partial charge in [0.2, 0.25) is 0 Å². The molecule has 3 N–H and O–H groups in total. The van der Waals surface area contributed by atoms with E-state index in [-0.39, 0.29) is 5.30 Å². The topological polar surface area (TPSA) is 96.2 Å². The molecular weight excluding hydrogens is 283 g/mol. The van der Waals surface area contributed by atoms with Crippen molar-refractivity contribution in [2.24, 2.45) is 0 Å². The molecule has 0 aromatic heterocycles. The maximum Gasteiger partial charge on any atom is 0.356 e. The largest absolute Gasteiger partial charge is 0.468 e. The summed E-state index contributed by atoms with van der Waals surface area (Å²) in [5.41, 5.74) is 0. The average molecular weight is 296 g/mol. The molecule has 0 heterocycles. The number of aliphatic hydroxyl groups is 1. The van der Waals surface area contributed by atoms with Crippen molar-refractivity contribution in [3.63, 3.8) is 0 Å². The Hall–Kier alpha value is -1.85. The maximum absolute atomic E-state index is 11.0. The Bertz CT molecular complexity index is 602. The molecule has 0 unspecified atom stereocenters. The second kappa shape index (κ2) is 6.07. The van der Waals surface area contributed by atoms with E-state index in [1.54, 1.807) is 24.3 Å². The van der Waals surface area contributed by atoms with E-state index in [2.05, 4.69) is 0 Å². The fourth-order valence-electron chi connectivity index (χ4n) is 1.52. The van der Waals surface area contributed by atoms with Gasteiger partial charge in [-0.25, -0.2) is 0 Å². The molecule has 7 heteroatoms. The molecule has 6 nitrogen and oxygen atoms in total. The number of aliphatic hydroxyl groups excluding tert-OH is 1. The van der Waals surface area contributed by atoms with E-state index in [1.807, 2.05) is 0 Å². The Labute approximate surface area is 115 Å². The highest BCUT2D eigenvalue weighted by atomic mass is 31.2. The van der Waals surface area contributed by atoms with Crippen LogP contribution in [0.15, 0.2) is 48.5 Å². The third-order valence-corrected chi connectivity index (χ3v) is 3.43. The first-order chi connectivity index (χ1) is 9.49. The van der Waals surface area contributed by atoms with Crippen LogP contribution in [0.3, 0.4) is 0 Å². The van der Waals surface area contributed by atoms with Gasteiger partial charge in [0.25, 0.3) is 0 Å². The summed E-state index contributed by atoms with van der Waals surface area (Å²) in [6, 6.07) is 12.2. The number of hydrogen-bond acceptors (Lipinski definition) is 4. The summed E-state index contributed by atoms with van der Waals surface area (Å²) in [6.45, 7) is -0.399. The Kier molecular flexibility index (Phi) is 4.42. The Morgan fingerprint density at radius 2 is 1.30 bits per heavy atom. The molecule has 20 heavy (non-hydrogen) atoms. The standard InChI is InChI=1S/C13H13O6P/c14-9-18-10-1-3-11(4-2-10)19-12-5-7-13(8-6-12)20(15,16)17/h1-8,14H,9H2,(H2,15,16,17). The van der Waals surface area contributed by atoms with E-state index in [0.29, 0.717) is 17.2 Å². The molecule has 106 valence electrons. The van der Waals surface area contributed by atoms with Crippen LogP contribution in [0.2, 0.25) is 0 Å². The van der Waals surface area contributed by atoms with Gasteiger partial charge < -0.3 is 24.4 Å². The summed E-state index contributed by atoms with van der Waals surface area (Å²) in [4.78, 5) is 18.0. The normalized spacial score (nSPS) is 11.2. The van der Waals surface area contributed by atoms with Crippen LogP contribution in [0, 0.1) is 0 Å². The minimum Gasteiger partial charge on any atom is -0.468 e. The minimum atomic E-state index is -4.23. The molecule has 0 radical (unpaired) electrons. The zero-order valence-electron chi connectivity index (χ0n) is 10.3. The Morgan fingerprint density at radius 3 is 1.75 bits per heavy atom. The van der Waals surface area contributed by atoms with Gasteiger partial charge in [-0.1, -0.05) is 0 Å². The SMILES string of the molecule is O=P(O)(O)c1ccc(Oc2ccc(OCO)cc2)cc1. The van der Waals surface area contributed by atoms with Crippen molar-refractivity contribution >= 4 is 12.9 Å². The van der Waals surface area contributed by atoms with Gasteiger partial charge in [0, 0.05) is 0 Å².